The second kappa shape index (κ2) is 6.38. The van der Waals surface area contributed by atoms with E-state index in [1.54, 1.807) is 19.1 Å². The van der Waals surface area contributed by atoms with Gasteiger partial charge in [0.05, 0.1) is 17.0 Å². The third-order valence-electron chi connectivity index (χ3n) is 3.99. The SMILES string of the molecule is C[C@@]1(NC(=O)COC(=O)c2cc3c(F)cccc3s2)CCS(=O)(=O)C1. The molecule has 1 N–H and O–H groups in total. The Labute approximate surface area is 147 Å². The van der Waals surface area contributed by atoms with Crippen LogP contribution in [0.4, 0.5) is 4.39 Å². The van der Waals surface area contributed by atoms with Gasteiger partial charge >= 0.3 is 5.97 Å². The van der Waals surface area contributed by atoms with Crippen LogP contribution in [0.3, 0.4) is 0 Å². The highest BCUT2D eigenvalue weighted by Gasteiger charge is 2.39. The van der Waals surface area contributed by atoms with E-state index in [1.165, 1.54) is 12.1 Å². The number of hydrogen-bond acceptors (Lipinski definition) is 6. The summed E-state index contributed by atoms with van der Waals surface area (Å²) in [5, 5.41) is 2.93. The van der Waals surface area contributed by atoms with Gasteiger partial charge in [0.1, 0.15) is 10.7 Å². The Morgan fingerprint density at radius 2 is 2.16 bits per heavy atom. The number of ether oxygens (including phenoxy) is 1. The fourth-order valence-electron chi connectivity index (χ4n) is 2.81. The lowest BCUT2D eigenvalue weighted by Crippen LogP contribution is -2.48. The number of halogens is 1. The van der Waals surface area contributed by atoms with Gasteiger partial charge in [-0.05, 0) is 31.5 Å². The number of hydrogen-bond donors (Lipinski definition) is 1. The summed E-state index contributed by atoms with van der Waals surface area (Å²) in [6.45, 7) is 1.12. The first kappa shape index (κ1) is 17.8. The second-order valence-corrected chi connectivity index (χ2v) is 9.56. The van der Waals surface area contributed by atoms with E-state index < -0.39 is 39.7 Å². The Balaban J connectivity index is 1.60. The number of esters is 1. The van der Waals surface area contributed by atoms with Gasteiger partial charge in [0.25, 0.3) is 5.91 Å². The normalized spacial score (nSPS) is 22.0. The van der Waals surface area contributed by atoms with Gasteiger partial charge in [0.2, 0.25) is 0 Å². The molecule has 1 amide bonds. The standard InChI is InChI=1S/C16H16FNO5S2/c1-16(5-6-25(21,22)9-16)18-14(19)8-23-15(20)13-7-10-11(17)3-2-4-12(10)24-13/h2-4,7H,5-6,8-9H2,1H3,(H,18,19)/t16-/m1/s1. The van der Waals surface area contributed by atoms with E-state index >= 15 is 0 Å². The van der Waals surface area contributed by atoms with Crippen LogP contribution in [0, 0.1) is 5.82 Å². The van der Waals surface area contributed by atoms with Crippen LogP contribution in [-0.2, 0) is 19.4 Å². The lowest BCUT2D eigenvalue weighted by Gasteiger charge is -2.23. The third kappa shape index (κ3) is 3.98. The molecule has 25 heavy (non-hydrogen) atoms. The van der Waals surface area contributed by atoms with Crippen molar-refractivity contribution >= 4 is 43.1 Å². The molecule has 1 saturated heterocycles. The summed E-state index contributed by atoms with van der Waals surface area (Å²) >= 11 is 1.08. The van der Waals surface area contributed by atoms with E-state index in [9.17, 15) is 22.4 Å². The molecule has 0 bridgehead atoms. The van der Waals surface area contributed by atoms with E-state index in [4.69, 9.17) is 4.74 Å². The fraction of sp³-hybridized carbons (Fsp3) is 0.375. The Bertz CT molecular complexity index is 953. The van der Waals surface area contributed by atoms with Gasteiger partial charge in [-0.3, -0.25) is 4.79 Å². The predicted molar refractivity (Wildman–Crippen MR) is 91.9 cm³/mol. The summed E-state index contributed by atoms with van der Waals surface area (Å²) in [4.78, 5) is 24.2. The molecule has 0 unspecified atom stereocenters. The van der Waals surface area contributed by atoms with Crippen molar-refractivity contribution in [2.24, 2.45) is 0 Å². The minimum absolute atomic E-state index is 0.0247. The Hall–Kier alpha value is -2.00. The number of carbonyl (C=O) groups excluding carboxylic acids is 2. The van der Waals surface area contributed by atoms with Crippen molar-refractivity contribution in [3.05, 3.63) is 35.0 Å². The molecule has 1 atom stereocenters. The van der Waals surface area contributed by atoms with Gasteiger partial charge in [-0.1, -0.05) is 6.07 Å². The molecule has 9 heteroatoms. The first-order chi connectivity index (χ1) is 11.7. The maximum atomic E-state index is 13.7. The average Bonchev–Trinajstić information content (AvgIpc) is 3.07. The zero-order valence-corrected chi connectivity index (χ0v) is 15.0. The number of fused-ring (bicyclic) bond motifs is 1. The summed E-state index contributed by atoms with van der Waals surface area (Å²) in [5.74, 6) is -1.83. The predicted octanol–water partition coefficient (Wildman–Crippen LogP) is 1.89. The molecule has 2 aromatic rings. The van der Waals surface area contributed by atoms with Crippen LogP contribution in [0.15, 0.2) is 24.3 Å². The van der Waals surface area contributed by atoms with Crippen molar-refractivity contribution in [3.8, 4) is 0 Å². The fourth-order valence-corrected chi connectivity index (χ4v) is 5.87. The molecule has 1 aromatic carbocycles. The molecule has 1 fully saturated rings. The highest BCUT2D eigenvalue weighted by molar-refractivity contribution is 7.91. The summed E-state index contributed by atoms with van der Waals surface area (Å²) < 4.78 is 42.3. The van der Waals surface area contributed by atoms with Gasteiger partial charge in [-0.25, -0.2) is 17.6 Å². The van der Waals surface area contributed by atoms with Crippen LogP contribution in [-0.4, -0.2) is 43.9 Å². The van der Waals surface area contributed by atoms with Crippen molar-refractivity contribution in [3.63, 3.8) is 0 Å². The van der Waals surface area contributed by atoms with Gasteiger partial charge in [0, 0.05) is 10.1 Å². The second-order valence-electron chi connectivity index (χ2n) is 6.29. The largest absolute Gasteiger partial charge is 0.451 e. The summed E-state index contributed by atoms with van der Waals surface area (Å²) in [6.07, 6.45) is 0.324. The topological polar surface area (TPSA) is 89.5 Å². The molecule has 1 aliphatic heterocycles. The van der Waals surface area contributed by atoms with Crippen LogP contribution in [0.1, 0.15) is 23.0 Å². The van der Waals surface area contributed by atoms with Crippen LogP contribution in [0.25, 0.3) is 10.1 Å². The van der Waals surface area contributed by atoms with Crippen LogP contribution >= 0.6 is 11.3 Å². The van der Waals surface area contributed by atoms with Gasteiger partial charge in [-0.15, -0.1) is 11.3 Å². The van der Waals surface area contributed by atoms with E-state index in [0.717, 1.165) is 11.3 Å². The van der Waals surface area contributed by atoms with E-state index in [-0.39, 0.29) is 16.4 Å². The van der Waals surface area contributed by atoms with Gasteiger partial charge < -0.3 is 10.1 Å². The number of amides is 1. The maximum Gasteiger partial charge on any atom is 0.348 e. The molecule has 3 rings (SSSR count). The number of benzene rings is 1. The lowest BCUT2D eigenvalue weighted by molar-refractivity contribution is -0.125. The average molecular weight is 385 g/mol. The molecule has 6 nitrogen and oxygen atoms in total. The molecule has 134 valence electrons. The number of thiophene rings is 1. The quantitative estimate of drug-likeness (QED) is 0.812. The Morgan fingerprint density at radius 1 is 1.40 bits per heavy atom. The lowest BCUT2D eigenvalue weighted by atomic mass is 10.0. The molecule has 1 aliphatic rings. The van der Waals surface area contributed by atoms with Crippen LogP contribution in [0.2, 0.25) is 0 Å². The molecule has 0 aliphatic carbocycles. The molecule has 0 saturated carbocycles. The van der Waals surface area contributed by atoms with Crippen molar-refractivity contribution in [1.29, 1.82) is 0 Å². The monoisotopic (exact) mass is 385 g/mol. The molecule has 0 spiro atoms. The number of rotatable bonds is 4. The zero-order valence-electron chi connectivity index (χ0n) is 13.4. The van der Waals surface area contributed by atoms with E-state index in [2.05, 4.69) is 5.32 Å². The number of sulfone groups is 1. The van der Waals surface area contributed by atoms with E-state index in [0.29, 0.717) is 16.5 Å². The Kier molecular flexibility index (Phi) is 4.54. The van der Waals surface area contributed by atoms with Crippen molar-refractivity contribution in [2.45, 2.75) is 18.9 Å². The molecule has 2 heterocycles. The number of nitrogens with one attached hydrogen (secondary N) is 1. The Morgan fingerprint density at radius 3 is 2.80 bits per heavy atom. The minimum Gasteiger partial charge on any atom is -0.451 e. The van der Waals surface area contributed by atoms with Crippen molar-refractivity contribution in [1.82, 2.24) is 5.32 Å². The summed E-state index contributed by atoms with van der Waals surface area (Å²) in [6, 6.07) is 5.93. The van der Waals surface area contributed by atoms with Crippen LogP contribution in [0.5, 0.6) is 0 Å². The highest BCUT2D eigenvalue weighted by Crippen LogP contribution is 2.28. The van der Waals surface area contributed by atoms with Gasteiger partial charge in [-0.2, -0.15) is 0 Å². The van der Waals surface area contributed by atoms with Gasteiger partial charge in [0.15, 0.2) is 16.4 Å². The number of carbonyl (C=O) groups is 2. The highest BCUT2D eigenvalue weighted by atomic mass is 32.2. The smallest absolute Gasteiger partial charge is 0.348 e. The summed E-state index contributed by atoms with van der Waals surface area (Å²) in [7, 11) is -3.15. The van der Waals surface area contributed by atoms with Crippen molar-refractivity contribution in [2.75, 3.05) is 18.1 Å². The molecule has 1 aromatic heterocycles. The zero-order chi connectivity index (χ0) is 18.2. The summed E-state index contributed by atoms with van der Waals surface area (Å²) in [5.41, 5.74) is -0.844. The molecule has 0 radical (unpaired) electrons. The first-order valence-electron chi connectivity index (χ1n) is 7.54. The first-order valence-corrected chi connectivity index (χ1v) is 10.2. The van der Waals surface area contributed by atoms with E-state index in [1.807, 2.05) is 0 Å². The minimum atomic E-state index is -3.15. The van der Waals surface area contributed by atoms with Crippen LogP contribution < -0.4 is 5.32 Å². The molecular weight excluding hydrogens is 369 g/mol. The van der Waals surface area contributed by atoms with Crippen molar-refractivity contribution < 1.29 is 27.1 Å². The maximum absolute atomic E-state index is 13.7. The molecular formula is C16H16FNO5S2. The third-order valence-corrected chi connectivity index (χ3v) is 6.97.